The van der Waals surface area contributed by atoms with Crippen LogP contribution in [0.5, 0.6) is 0 Å². The summed E-state index contributed by atoms with van der Waals surface area (Å²) in [6, 6.07) is 4.80. The Hall–Kier alpha value is -1.89. The van der Waals surface area contributed by atoms with Gasteiger partial charge >= 0.3 is 5.97 Å². The predicted molar refractivity (Wildman–Crippen MR) is 75.6 cm³/mol. The summed E-state index contributed by atoms with van der Waals surface area (Å²) in [7, 11) is -3.28. The molecular formula is C13H16N2O4S. The zero-order valence-corrected chi connectivity index (χ0v) is 12.3. The lowest BCUT2D eigenvalue weighted by molar-refractivity contribution is 0.0698. The molecule has 0 fully saturated rings. The number of carbonyl (C=O) groups is 1. The normalized spacial score (nSPS) is 12.8. The van der Waals surface area contributed by atoms with E-state index in [9.17, 15) is 18.3 Å². The number of fused-ring (bicyclic) bond motifs is 1. The Kier molecular flexibility index (Phi) is 3.33. The molecule has 0 saturated heterocycles. The summed E-state index contributed by atoms with van der Waals surface area (Å²) in [6.45, 7) is 3.36. The Labute approximate surface area is 117 Å². The monoisotopic (exact) mass is 296 g/mol. The topological polar surface area (TPSA) is 89.3 Å². The second-order valence-electron chi connectivity index (χ2n) is 5.38. The highest BCUT2D eigenvalue weighted by Crippen LogP contribution is 2.23. The molecule has 6 nitrogen and oxygen atoms in total. The lowest BCUT2D eigenvalue weighted by Crippen LogP contribution is -2.35. The van der Waals surface area contributed by atoms with Crippen LogP contribution in [0.1, 0.15) is 24.2 Å². The first-order chi connectivity index (χ1) is 9.13. The third-order valence-electron chi connectivity index (χ3n) is 3.42. The van der Waals surface area contributed by atoms with Gasteiger partial charge in [0.25, 0.3) is 0 Å². The maximum absolute atomic E-state index is 11.8. The largest absolute Gasteiger partial charge is 0.478 e. The summed E-state index contributed by atoms with van der Waals surface area (Å²) in [5.74, 6) is -1.06. The number of aromatic carboxylic acids is 1. The smallest absolute Gasteiger partial charge is 0.337 e. The fraction of sp³-hybridized carbons (Fsp3) is 0.385. The zero-order chi connectivity index (χ0) is 15.1. The van der Waals surface area contributed by atoms with Crippen molar-refractivity contribution < 1.29 is 18.3 Å². The summed E-state index contributed by atoms with van der Waals surface area (Å²) < 4.78 is 24.1. The average molecular weight is 296 g/mol. The number of hydrogen-bond acceptors (Lipinski definition) is 4. The van der Waals surface area contributed by atoms with Gasteiger partial charge in [-0.25, -0.2) is 18.2 Å². The number of carboxylic acid groups (broad SMARTS) is 1. The molecule has 2 rings (SSSR count). The van der Waals surface area contributed by atoms with Crippen molar-refractivity contribution in [2.45, 2.75) is 25.1 Å². The van der Waals surface area contributed by atoms with E-state index in [1.807, 2.05) is 0 Å². The molecule has 7 heteroatoms. The van der Waals surface area contributed by atoms with E-state index in [0.717, 1.165) is 0 Å². The molecule has 1 heterocycles. The fourth-order valence-corrected chi connectivity index (χ4v) is 2.32. The molecule has 2 aromatic rings. The second-order valence-corrected chi connectivity index (χ2v) is 8.03. The summed E-state index contributed by atoms with van der Waals surface area (Å²) >= 11 is 0. The molecule has 0 saturated carbocycles. The van der Waals surface area contributed by atoms with Crippen LogP contribution >= 0.6 is 0 Å². The van der Waals surface area contributed by atoms with Crippen molar-refractivity contribution in [3.05, 3.63) is 30.1 Å². The fourth-order valence-electron chi connectivity index (χ4n) is 1.95. The van der Waals surface area contributed by atoms with Crippen molar-refractivity contribution in [2.24, 2.45) is 0 Å². The van der Waals surface area contributed by atoms with Gasteiger partial charge in [-0.3, -0.25) is 0 Å². The molecule has 0 radical (unpaired) electrons. The first-order valence-corrected chi connectivity index (χ1v) is 7.89. The standard InChI is InChI=1S/C13H16N2O4S/c1-13(2,20(3,18)19)7-15-8-14-10-6-4-5-9(11(10)15)12(16)17/h4-6,8H,7H2,1-3H3,(H,16,17). The molecule has 20 heavy (non-hydrogen) atoms. The predicted octanol–water partition coefficient (Wildman–Crippen LogP) is 1.56. The van der Waals surface area contributed by atoms with Crippen molar-refractivity contribution in [1.82, 2.24) is 9.55 Å². The average Bonchev–Trinajstić information content (AvgIpc) is 2.70. The highest BCUT2D eigenvalue weighted by Gasteiger charge is 2.31. The number of para-hydroxylation sites is 1. The molecule has 0 aliphatic carbocycles. The third kappa shape index (κ3) is 2.40. The Morgan fingerprint density at radius 3 is 2.60 bits per heavy atom. The van der Waals surface area contributed by atoms with Crippen LogP contribution in [0.25, 0.3) is 11.0 Å². The number of hydrogen-bond donors (Lipinski definition) is 1. The van der Waals surface area contributed by atoms with Gasteiger partial charge in [0.2, 0.25) is 0 Å². The van der Waals surface area contributed by atoms with Crippen LogP contribution in [0.3, 0.4) is 0 Å². The van der Waals surface area contributed by atoms with Gasteiger partial charge in [-0.15, -0.1) is 0 Å². The van der Waals surface area contributed by atoms with Gasteiger partial charge in [-0.1, -0.05) is 6.07 Å². The minimum Gasteiger partial charge on any atom is -0.478 e. The van der Waals surface area contributed by atoms with Gasteiger partial charge < -0.3 is 9.67 Å². The van der Waals surface area contributed by atoms with Crippen LogP contribution in [0, 0.1) is 0 Å². The van der Waals surface area contributed by atoms with Crippen molar-refractivity contribution >= 4 is 26.8 Å². The van der Waals surface area contributed by atoms with Gasteiger partial charge in [-0.2, -0.15) is 0 Å². The number of imidazole rings is 1. The summed E-state index contributed by atoms with van der Waals surface area (Å²) in [4.78, 5) is 15.4. The van der Waals surface area contributed by atoms with Crippen LogP contribution in [-0.2, 0) is 16.4 Å². The highest BCUT2D eigenvalue weighted by atomic mass is 32.2. The van der Waals surface area contributed by atoms with Crippen LogP contribution in [0.15, 0.2) is 24.5 Å². The van der Waals surface area contributed by atoms with Gasteiger partial charge in [0.1, 0.15) is 0 Å². The van der Waals surface area contributed by atoms with E-state index in [0.29, 0.717) is 11.0 Å². The molecule has 0 atom stereocenters. The number of sulfone groups is 1. The van der Waals surface area contributed by atoms with E-state index >= 15 is 0 Å². The Morgan fingerprint density at radius 2 is 2.05 bits per heavy atom. The number of benzene rings is 1. The number of carboxylic acids is 1. The number of nitrogens with zero attached hydrogens (tertiary/aromatic N) is 2. The Bertz CT molecular complexity index is 775. The van der Waals surface area contributed by atoms with E-state index in [1.165, 1.54) is 18.6 Å². The maximum Gasteiger partial charge on any atom is 0.337 e. The summed E-state index contributed by atoms with van der Waals surface area (Å²) in [6.07, 6.45) is 2.65. The number of rotatable bonds is 4. The van der Waals surface area contributed by atoms with Gasteiger partial charge in [-0.05, 0) is 26.0 Å². The molecule has 108 valence electrons. The Balaban J connectivity index is 2.60. The van der Waals surface area contributed by atoms with Crippen LogP contribution < -0.4 is 0 Å². The SMILES string of the molecule is CC(C)(Cn1cnc2cccc(C(=O)O)c21)S(C)(=O)=O. The van der Waals surface area contributed by atoms with Crippen molar-refractivity contribution in [1.29, 1.82) is 0 Å². The quantitative estimate of drug-likeness (QED) is 0.924. The summed E-state index contributed by atoms with van der Waals surface area (Å²) in [5, 5.41) is 9.22. The third-order valence-corrected chi connectivity index (χ3v) is 5.56. The van der Waals surface area contributed by atoms with E-state index in [2.05, 4.69) is 4.98 Å². The molecule has 1 aromatic heterocycles. The van der Waals surface area contributed by atoms with Crippen LogP contribution in [-0.4, -0.2) is 40.0 Å². The van der Waals surface area contributed by atoms with Crippen molar-refractivity contribution in [3.63, 3.8) is 0 Å². The first kappa shape index (κ1) is 14.5. The second kappa shape index (κ2) is 4.59. The van der Waals surface area contributed by atoms with Gasteiger partial charge in [0.05, 0.1) is 27.7 Å². The first-order valence-electron chi connectivity index (χ1n) is 6.00. The molecule has 0 aliphatic rings. The summed E-state index contributed by atoms with van der Waals surface area (Å²) in [5.41, 5.74) is 1.09. The van der Waals surface area contributed by atoms with Crippen molar-refractivity contribution in [3.8, 4) is 0 Å². The highest BCUT2D eigenvalue weighted by molar-refractivity contribution is 7.92. The van der Waals surface area contributed by atoms with E-state index < -0.39 is 20.6 Å². The molecule has 0 aliphatic heterocycles. The van der Waals surface area contributed by atoms with E-state index in [1.54, 1.807) is 30.5 Å². The lowest BCUT2D eigenvalue weighted by Gasteiger charge is -2.23. The van der Waals surface area contributed by atoms with Gasteiger partial charge in [0, 0.05) is 12.8 Å². The molecule has 0 bridgehead atoms. The van der Waals surface area contributed by atoms with E-state index in [4.69, 9.17) is 0 Å². The Morgan fingerprint density at radius 1 is 1.40 bits per heavy atom. The van der Waals surface area contributed by atoms with Crippen LogP contribution in [0.2, 0.25) is 0 Å². The molecule has 0 amide bonds. The molecule has 1 N–H and O–H groups in total. The molecular weight excluding hydrogens is 280 g/mol. The zero-order valence-electron chi connectivity index (χ0n) is 11.5. The lowest BCUT2D eigenvalue weighted by atomic mass is 10.1. The number of aromatic nitrogens is 2. The maximum atomic E-state index is 11.8. The van der Waals surface area contributed by atoms with Gasteiger partial charge in [0.15, 0.2) is 9.84 Å². The minimum atomic E-state index is -3.28. The molecule has 0 unspecified atom stereocenters. The minimum absolute atomic E-state index is 0.115. The van der Waals surface area contributed by atoms with Crippen molar-refractivity contribution in [2.75, 3.05) is 6.26 Å². The molecule has 0 spiro atoms. The molecule has 1 aromatic carbocycles. The van der Waals surface area contributed by atoms with Crippen LogP contribution in [0.4, 0.5) is 0 Å². The van der Waals surface area contributed by atoms with E-state index in [-0.39, 0.29) is 12.1 Å².